The van der Waals surface area contributed by atoms with Crippen LogP contribution in [0.15, 0.2) is 46.9 Å². The van der Waals surface area contributed by atoms with Crippen LogP contribution in [0.3, 0.4) is 0 Å². The number of hydrogen-bond acceptors (Lipinski definition) is 7. The highest BCUT2D eigenvalue weighted by Gasteiger charge is 2.37. The number of carbonyl (C=O) groups is 2. The fraction of sp³-hybridized carbons (Fsp3) is 0.517. The van der Waals surface area contributed by atoms with Gasteiger partial charge in [0.1, 0.15) is 11.9 Å². The first kappa shape index (κ1) is 27.5. The molecule has 2 fully saturated rings. The molecule has 7 nitrogen and oxygen atoms in total. The van der Waals surface area contributed by atoms with Crippen molar-refractivity contribution < 1.29 is 23.8 Å². The standard InChI is InChI=1S/C29H37BrN2O5/c1-19(2)32(18-20-11-13-31(14-12-20)22-7-5-21(30)6-8-22)23-15-25(16-23)37-24-9-10-26(28(33)35-3)27(17-24)29(34)36-4/h5-10,17,19-20,23,25H,11-16,18H2,1-4H3. The maximum Gasteiger partial charge on any atom is 0.338 e. The summed E-state index contributed by atoms with van der Waals surface area (Å²) in [6.45, 7) is 7.86. The highest BCUT2D eigenvalue weighted by atomic mass is 79.9. The van der Waals surface area contributed by atoms with Gasteiger partial charge in [-0.2, -0.15) is 0 Å². The van der Waals surface area contributed by atoms with E-state index in [1.807, 2.05) is 0 Å². The third-order valence-electron chi connectivity index (χ3n) is 7.58. The Hall–Kier alpha value is -2.58. The van der Waals surface area contributed by atoms with Crippen LogP contribution in [-0.4, -0.2) is 68.9 Å². The number of esters is 2. The Morgan fingerprint density at radius 2 is 1.59 bits per heavy atom. The highest BCUT2D eigenvalue weighted by Crippen LogP contribution is 2.34. The molecule has 37 heavy (non-hydrogen) atoms. The smallest absolute Gasteiger partial charge is 0.338 e. The first-order valence-electron chi connectivity index (χ1n) is 13.0. The van der Waals surface area contributed by atoms with E-state index in [1.54, 1.807) is 18.2 Å². The summed E-state index contributed by atoms with van der Waals surface area (Å²) in [4.78, 5) is 29.4. The highest BCUT2D eigenvalue weighted by molar-refractivity contribution is 9.10. The fourth-order valence-corrected chi connectivity index (χ4v) is 5.63. The normalized spacial score (nSPS) is 20.0. The van der Waals surface area contributed by atoms with Gasteiger partial charge in [0.25, 0.3) is 0 Å². The molecule has 2 aromatic rings. The summed E-state index contributed by atoms with van der Waals surface area (Å²) in [7, 11) is 2.58. The van der Waals surface area contributed by atoms with E-state index in [4.69, 9.17) is 14.2 Å². The van der Waals surface area contributed by atoms with E-state index < -0.39 is 11.9 Å². The predicted molar refractivity (Wildman–Crippen MR) is 147 cm³/mol. The number of carbonyl (C=O) groups excluding carboxylic acids is 2. The molecule has 0 radical (unpaired) electrons. The number of halogens is 1. The van der Waals surface area contributed by atoms with Crippen LogP contribution < -0.4 is 9.64 Å². The lowest BCUT2D eigenvalue weighted by Gasteiger charge is -2.46. The second-order valence-electron chi connectivity index (χ2n) is 10.3. The van der Waals surface area contributed by atoms with Crippen LogP contribution in [0.1, 0.15) is 60.2 Å². The lowest BCUT2D eigenvalue weighted by atomic mass is 9.85. The average molecular weight is 574 g/mol. The third-order valence-corrected chi connectivity index (χ3v) is 8.11. The Bertz CT molecular complexity index is 1080. The maximum absolute atomic E-state index is 12.2. The maximum atomic E-state index is 12.2. The second kappa shape index (κ2) is 12.3. The molecule has 2 aliphatic rings. The molecule has 0 aromatic heterocycles. The first-order valence-corrected chi connectivity index (χ1v) is 13.8. The molecule has 1 aliphatic heterocycles. The lowest BCUT2D eigenvalue weighted by molar-refractivity contribution is -0.00664. The molecule has 1 saturated heterocycles. The summed E-state index contributed by atoms with van der Waals surface area (Å²) in [5, 5.41) is 0. The van der Waals surface area contributed by atoms with Crippen LogP contribution in [0.2, 0.25) is 0 Å². The van der Waals surface area contributed by atoms with E-state index in [0.717, 1.165) is 36.9 Å². The number of piperidine rings is 1. The Kier molecular flexibility index (Phi) is 9.13. The van der Waals surface area contributed by atoms with Gasteiger partial charge in [-0.25, -0.2) is 9.59 Å². The largest absolute Gasteiger partial charge is 0.490 e. The van der Waals surface area contributed by atoms with Gasteiger partial charge in [-0.15, -0.1) is 0 Å². The minimum atomic E-state index is -0.588. The zero-order valence-corrected chi connectivity index (χ0v) is 23.7. The Labute approximate surface area is 228 Å². The molecule has 0 atom stereocenters. The average Bonchev–Trinajstić information content (AvgIpc) is 2.89. The van der Waals surface area contributed by atoms with Gasteiger partial charge in [-0.05, 0) is 75.1 Å². The SMILES string of the molecule is COC(=O)c1ccc(OC2CC(N(CC3CCN(c4ccc(Br)cc4)CC3)C(C)C)C2)cc1C(=O)OC. The van der Waals surface area contributed by atoms with Crippen molar-refractivity contribution in [3.63, 3.8) is 0 Å². The molecule has 0 amide bonds. The Balaban J connectivity index is 1.30. The van der Waals surface area contributed by atoms with Crippen molar-refractivity contribution in [2.45, 2.75) is 57.7 Å². The van der Waals surface area contributed by atoms with Gasteiger partial charge in [0.15, 0.2) is 0 Å². The van der Waals surface area contributed by atoms with Gasteiger partial charge in [-0.3, -0.25) is 4.90 Å². The quantitative estimate of drug-likeness (QED) is 0.364. The molecule has 0 bridgehead atoms. The van der Waals surface area contributed by atoms with Gasteiger partial charge in [0, 0.05) is 54.7 Å². The summed E-state index contributed by atoms with van der Waals surface area (Å²) in [6, 6.07) is 14.4. The minimum absolute atomic E-state index is 0.0833. The molecule has 2 aromatic carbocycles. The van der Waals surface area contributed by atoms with E-state index in [1.165, 1.54) is 32.7 Å². The zero-order chi connectivity index (χ0) is 26.5. The first-order chi connectivity index (χ1) is 17.8. The monoisotopic (exact) mass is 572 g/mol. The van der Waals surface area contributed by atoms with Crippen molar-refractivity contribution >= 4 is 33.6 Å². The minimum Gasteiger partial charge on any atom is -0.490 e. The van der Waals surface area contributed by atoms with Crippen molar-refractivity contribution in [1.82, 2.24) is 4.90 Å². The van der Waals surface area contributed by atoms with Crippen molar-refractivity contribution in [2.75, 3.05) is 38.8 Å². The molecular formula is C29H37BrN2O5. The van der Waals surface area contributed by atoms with Crippen LogP contribution in [-0.2, 0) is 9.47 Å². The summed E-state index contributed by atoms with van der Waals surface area (Å²) < 4.78 is 16.9. The molecule has 0 unspecified atom stereocenters. The molecule has 8 heteroatoms. The number of rotatable bonds is 9. The number of methoxy groups -OCH3 is 2. The van der Waals surface area contributed by atoms with Crippen molar-refractivity contribution in [2.24, 2.45) is 5.92 Å². The van der Waals surface area contributed by atoms with Crippen LogP contribution in [0.25, 0.3) is 0 Å². The topological polar surface area (TPSA) is 68.3 Å². The van der Waals surface area contributed by atoms with Crippen LogP contribution in [0, 0.1) is 5.92 Å². The molecular weight excluding hydrogens is 536 g/mol. The Morgan fingerprint density at radius 1 is 0.973 bits per heavy atom. The summed E-state index contributed by atoms with van der Waals surface area (Å²) in [5.74, 6) is 0.0934. The van der Waals surface area contributed by atoms with Crippen molar-refractivity contribution in [3.05, 3.63) is 58.1 Å². The number of nitrogens with zero attached hydrogens (tertiary/aromatic N) is 2. The van der Waals surface area contributed by atoms with Crippen molar-refractivity contribution in [1.29, 1.82) is 0 Å². The summed E-state index contributed by atoms with van der Waals surface area (Å²) in [5.41, 5.74) is 1.63. The van der Waals surface area contributed by atoms with Gasteiger partial charge in [0.05, 0.1) is 25.3 Å². The van der Waals surface area contributed by atoms with Gasteiger partial charge in [-0.1, -0.05) is 15.9 Å². The van der Waals surface area contributed by atoms with E-state index in [9.17, 15) is 9.59 Å². The van der Waals surface area contributed by atoms with Crippen LogP contribution in [0.4, 0.5) is 5.69 Å². The number of benzene rings is 2. The molecule has 1 aliphatic carbocycles. The van der Waals surface area contributed by atoms with Gasteiger partial charge >= 0.3 is 11.9 Å². The number of ether oxygens (including phenoxy) is 3. The van der Waals surface area contributed by atoms with Crippen LogP contribution >= 0.6 is 15.9 Å². The Morgan fingerprint density at radius 3 is 2.19 bits per heavy atom. The molecule has 200 valence electrons. The van der Waals surface area contributed by atoms with E-state index in [2.05, 4.69) is 63.8 Å². The second-order valence-corrected chi connectivity index (χ2v) is 11.2. The molecule has 0 spiro atoms. The van der Waals surface area contributed by atoms with Gasteiger partial charge in [0.2, 0.25) is 0 Å². The van der Waals surface area contributed by atoms with Gasteiger partial charge < -0.3 is 19.1 Å². The van der Waals surface area contributed by atoms with Crippen molar-refractivity contribution in [3.8, 4) is 5.75 Å². The molecule has 1 saturated carbocycles. The summed E-state index contributed by atoms with van der Waals surface area (Å²) in [6.07, 6.45) is 4.38. The number of anilines is 1. The van der Waals surface area contributed by atoms with E-state index >= 15 is 0 Å². The fourth-order valence-electron chi connectivity index (χ4n) is 5.37. The molecule has 0 N–H and O–H groups in total. The summed E-state index contributed by atoms with van der Waals surface area (Å²) >= 11 is 3.52. The zero-order valence-electron chi connectivity index (χ0n) is 22.1. The third kappa shape index (κ3) is 6.65. The number of hydrogen-bond donors (Lipinski definition) is 0. The molecule has 1 heterocycles. The van der Waals surface area contributed by atoms with E-state index in [-0.39, 0.29) is 17.2 Å². The molecule has 4 rings (SSSR count). The van der Waals surface area contributed by atoms with E-state index in [0.29, 0.717) is 23.8 Å². The lowest BCUT2D eigenvalue weighted by Crippen LogP contribution is -2.53. The van der Waals surface area contributed by atoms with Crippen LogP contribution in [0.5, 0.6) is 5.75 Å². The predicted octanol–water partition coefficient (Wildman–Crippen LogP) is 5.56.